The summed E-state index contributed by atoms with van der Waals surface area (Å²) < 4.78 is 1.68. The summed E-state index contributed by atoms with van der Waals surface area (Å²) in [6, 6.07) is 0. The van der Waals surface area contributed by atoms with Crippen LogP contribution in [-0.4, -0.2) is 19.7 Å². The van der Waals surface area contributed by atoms with Crippen molar-refractivity contribution in [1.29, 1.82) is 0 Å². The first-order valence-corrected chi connectivity index (χ1v) is 4.64. The fourth-order valence-corrected chi connectivity index (χ4v) is 1.52. The third kappa shape index (κ3) is 1.21. The van der Waals surface area contributed by atoms with E-state index in [1.54, 1.807) is 4.57 Å². The topological polar surface area (TPSA) is 63.6 Å². The maximum atomic E-state index is 11.9. The Balaban J connectivity index is 2.76. The SMILES string of the molecule is CCCn1c(C)nc2[nH]ncc2c1=O. The van der Waals surface area contributed by atoms with Crippen molar-refractivity contribution in [3.8, 4) is 0 Å². The van der Waals surface area contributed by atoms with Crippen molar-refractivity contribution in [3.63, 3.8) is 0 Å². The summed E-state index contributed by atoms with van der Waals surface area (Å²) in [5.74, 6) is 0.730. The highest BCUT2D eigenvalue weighted by atomic mass is 16.1. The minimum absolute atomic E-state index is 0.0110. The number of rotatable bonds is 2. The van der Waals surface area contributed by atoms with E-state index < -0.39 is 0 Å². The maximum Gasteiger partial charge on any atom is 0.264 e. The zero-order chi connectivity index (χ0) is 10.1. The van der Waals surface area contributed by atoms with E-state index >= 15 is 0 Å². The lowest BCUT2D eigenvalue weighted by Crippen LogP contribution is -2.23. The van der Waals surface area contributed by atoms with E-state index in [1.807, 2.05) is 13.8 Å². The second-order valence-corrected chi connectivity index (χ2v) is 3.25. The molecule has 1 N–H and O–H groups in total. The molecule has 74 valence electrons. The summed E-state index contributed by atoms with van der Waals surface area (Å²) in [4.78, 5) is 16.1. The van der Waals surface area contributed by atoms with Gasteiger partial charge in [0.15, 0.2) is 5.65 Å². The highest BCUT2D eigenvalue weighted by molar-refractivity contribution is 5.72. The van der Waals surface area contributed by atoms with Crippen LogP contribution in [0.4, 0.5) is 0 Å². The molecule has 2 rings (SSSR count). The monoisotopic (exact) mass is 192 g/mol. The lowest BCUT2D eigenvalue weighted by atomic mass is 10.4. The van der Waals surface area contributed by atoms with Gasteiger partial charge in [0.1, 0.15) is 11.2 Å². The van der Waals surface area contributed by atoms with Crippen LogP contribution >= 0.6 is 0 Å². The van der Waals surface area contributed by atoms with E-state index in [4.69, 9.17) is 0 Å². The summed E-state index contributed by atoms with van der Waals surface area (Å²) in [7, 11) is 0. The highest BCUT2D eigenvalue weighted by Crippen LogP contribution is 2.03. The maximum absolute atomic E-state index is 11.9. The Hall–Kier alpha value is -1.65. The Morgan fingerprint density at radius 2 is 2.36 bits per heavy atom. The Labute approximate surface area is 80.8 Å². The van der Waals surface area contributed by atoms with Gasteiger partial charge in [-0.1, -0.05) is 6.92 Å². The lowest BCUT2D eigenvalue weighted by molar-refractivity contribution is 0.625. The minimum atomic E-state index is -0.0110. The number of hydrogen-bond donors (Lipinski definition) is 1. The van der Waals surface area contributed by atoms with Crippen LogP contribution in [-0.2, 0) is 6.54 Å². The molecule has 0 aliphatic rings. The molecule has 0 aliphatic carbocycles. The molecular weight excluding hydrogens is 180 g/mol. The van der Waals surface area contributed by atoms with E-state index in [2.05, 4.69) is 15.2 Å². The van der Waals surface area contributed by atoms with Gasteiger partial charge in [-0.3, -0.25) is 14.5 Å². The summed E-state index contributed by atoms with van der Waals surface area (Å²) in [5, 5.41) is 7.06. The van der Waals surface area contributed by atoms with Crippen molar-refractivity contribution in [2.75, 3.05) is 0 Å². The number of nitrogens with one attached hydrogen (secondary N) is 1. The summed E-state index contributed by atoms with van der Waals surface area (Å²) in [6.07, 6.45) is 2.45. The van der Waals surface area contributed by atoms with Gasteiger partial charge >= 0.3 is 0 Å². The van der Waals surface area contributed by atoms with Gasteiger partial charge in [-0.25, -0.2) is 4.98 Å². The van der Waals surface area contributed by atoms with Gasteiger partial charge in [0.2, 0.25) is 0 Å². The van der Waals surface area contributed by atoms with Crippen LogP contribution in [0.2, 0.25) is 0 Å². The number of nitrogens with zero attached hydrogens (tertiary/aromatic N) is 3. The molecule has 2 heterocycles. The smallest absolute Gasteiger partial charge is 0.264 e. The molecule has 14 heavy (non-hydrogen) atoms. The molecular formula is C9H12N4O. The average Bonchev–Trinajstić information content (AvgIpc) is 2.60. The number of aryl methyl sites for hydroxylation is 1. The summed E-state index contributed by atoms with van der Waals surface area (Å²) in [6.45, 7) is 4.57. The minimum Gasteiger partial charge on any atom is -0.296 e. The lowest BCUT2D eigenvalue weighted by Gasteiger charge is -2.06. The van der Waals surface area contributed by atoms with Gasteiger partial charge in [-0.2, -0.15) is 5.10 Å². The molecule has 0 spiro atoms. The molecule has 0 fully saturated rings. The van der Waals surface area contributed by atoms with E-state index in [1.165, 1.54) is 6.20 Å². The van der Waals surface area contributed by atoms with Gasteiger partial charge in [-0.05, 0) is 13.3 Å². The second-order valence-electron chi connectivity index (χ2n) is 3.25. The van der Waals surface area contributed by atoms with Crippen LogP contribution < -0.4 is 5.56 Å². The molecule has 0 saturated heterocycles. The van der Waals surface area contributed by atoms with E-state index in [-0.39, 0.29) is 5.56 Å². The van der Waals surface area contributed by atoms with Crippen LogP contribution in [0, 0.1) is 6.92 Å². The molecule has 5 nitrogen and oxygen atoms in total. The Bertz CT molecular complexity index is 511. The number of H-pyrrole nitrogens is 1. The standard InChI is InChI=1S/C9H12N4O/c1-3-4-13-6(2)11-8-7(9(13)14)5-10-12-8/h5H,3-4H2,1-2H3,(H,10,12). The largest absolute Gasteiger partial charge is 0.296 e. The van der Waals surface area contributed by atoms with Crippen molar-refractivity contribution >= 4 is 11.0 Å². The van der Waals surface area contributed by atoms with Crippen molar-refractivity contribution in [2.24, 2.45) is 0 Å². The van der Waals surface area contributed by atoms with Crippen LogP contribution in [0.5, 0.6) is 0 Å². The normalized spacial score (nSPS) is 11.0. The third-order valence-electron chi connectivity index (χ3n) is 2.21. The van der Waals surface area contributed by atoms with E-state index in [9.17, 15) is 4.79 Å². The second kappa shape index (κ2) is 3.25. The fourth-order valence-electron chi connectivity index (χ4n) is 1.52. The zero-order valence-electron chi connectivity index (χ0n) is 8.24. The predicted molar refractivity (Wildman–Crippen MR) is 53.2 cm³/mol. The van der Waals surface area contributed by atoms with Gasteiger partial charge in [0.25, 0.3) is 5.56 Å². The third-order valence-corrected chi connectivity index (χ3v) is 2.21. The Kier molecular flexibility index (Phi) is 2.07. The van der Waals surface area contributed by atoms with Gasteiger partial charge < -0.3 is 0 Å². The molecule has 0 radical (unpaired) electrons. The van der Waals surface area contributed by atoms with Crippen molar-refractivity contribution in [3.05, 3.63) is 22.4 Å². The first-order chi connectivity index (χ1) is 6.74. The number of aromatic nitrogens is 4. The number of fused-ring (bicyclic) bond motifs is 1. The molecule has 0 unspecified atom stereocenters. The molecule has 0 amide bonds. The van der Waals surface area contributed by atoms with E-state index in [0.717, 1.165) is 12.2 Å². The molecule has 5 heteroatoms. The predicted octanol–water partition coefficient (Wildman–Crippen LogP) is 0.838. The summed E-state index contributed by atoms with van der Waals surface area (Å²) >= 11 is 0. The van der Waals surface area contributed by atoms with Crippen LogP contribution in [0.15, 0.2) is 11.0 Å². The van der Waals surface area contributed by atoms with E-state index in [0.29, 0.717) is 17.6 Å². The quantitative estimate of drug-likeness (QED) is 0.766. The van der Waals surface area contributed by atoms with Crippen molar-refractivity contribution in [1.82, 2.24) is 19.7 Å². The van der Waals surface area contributed by atoms with Crippen LogP contribution in [0.25, 0.3) is 11.0 Å². The number of hydrogen-bond acceptors (Lipinski definition) is 3. The van der Waals surface area contributed by atoms with Crippen molar-refractivity contribution in [2.45, 2.75) is 26.8 Å². The average molecular weight is 192 g/mol. The summed E-state index contributed by atoms with van der Waals surface area (Å²) in [5.41, 5.74) is 0.558. The van der Waals surface area contributed by atoms with Crippen LogP contribution in [0.1, 0.15) is 19.2 Å². The first kappa shape index (κ1) is 8.93. The first-order valence-electron chi connectivity index (χ1n) is 4.64. The number of aromatic amines is 1. The van der Waals surface area contributed by atoms with Gasteiger partial charge in [0, 0.05) is 6.54 Å². The Morgan fingerprint density at radius 1 is 1.57 bits per heavy atom. The molecule has 2 aromatic heterocycles. The molecule has 0 saturated carbocycles. The molecule has 0 bridgehead atoms. The zero-order valence-corrected chi connectivity index (χ0v) is 8.24. The fraction of sp³-hybridized carbons (Fsp3) is 0.444. The molecule has 0 atom stereocenters. The molecule has 2 aromatic rings. The molecule has 0 aromatic carbocycles. The molecule has 0 aliphatic heterocycles. The highest BCUT2D eigenvalue weighted by Gasteiger charge is 2.07. The van der Waals surface area contributed by atoms with Gasteiger partial charge in [0.05, 0.1) is 6.20 Å². The van der Waals surface area contributed by atoms with Gasteiger partial charge in [-0.15, -0.1) is 0 Å². The Morgan fingerprint density at radius 3 is 3.07 bits per heavy atom. The van der Waals surface area contributed by atoms with Crippen LogP contribution in [0.3, 0.4) is 0 Å². The van der Waals surface area contributed by atoms with Crippen molar-refractivity contribution < 1.29 is 0 Å².